The topological polar surface area (TPSA) is 41.6 Å². The number of nitrogens with zero attached hydrogens (tertiary/aromatic N) is 1. The molecule has 96 valence electrons. The standard InChI is InChI=1S/C13H22N2O2/c1-9(2)15-6-5-13(17-12(15)16)7-10-3-4-11(8-13)14-10/h9-11,14H,3-8H2,1-2H3. The summed E-state index contributed by atoms with van der Waals surface area (Å²) < 4.78 is 5.82. The van der Waals surface area contributed by atoms with Crippen molar-refractivity contribution in [2.45, 2.75) is 69.7 Å². The molecule has 2 bridgehead atoms. The summed E-state index contributed by atoms with van der Waals surface area (Å²) in [4.78, 5) is 13.9. The van der Waals surface area contributed by atoms with Crippen LogP contribution < -0.4 is 5.32 Å². The summed E-state index contributed by atoms with van der Waals surface area (Å²) in [5.41, 5.74) is -0.153. The van der Waals surface area contributed by atoms with Gasteiger partial charge < -0.3 is 15.0 Å². The molecule has 0 saturated carbocycles. The number of rotatable bonds is 1. The van der Waals surface area contributed by atoms with Gasteiger partial charge in [-0.1, -0.05) is 0 Å². The molecule has 3 aliphatic rings. The van der Waals surface area contributed by atoms with E-state index in [1.807, 2.05) is 18.7 Å². The highest BCUT2D eigenvalue weighted by Gasteiger charge is 2.49. The lowest BCUT2D eigenvalue weighted by Crippen LogP contribution is -2.57. The lowest BCUT2D eigenvalue weighted by atomic mass is 9.83. The molecule has 0 aliphatic carbocycles. The second-order valence-corrected chi connectivity index (χ2v) is 6.13. The van der Waals surface area contributed by atoms with Gasteiger partial charge in [-0.2, -0.15) is 0 Å². The molecule has 0 radical (unpaired) electrons. The lowest BCUT2D eigenvalue weighted by molar-refractivity contribution is -0.0789. The highest BCUT2D eigenvalue weighted by molar-refractivity contribution is 5.69. The van der Waals surface area contributed by atoms with E-state index in [2.05, 4.69) is 5.32 Å². The van der Waals surface area contributed by atoms with Gasteiger partial charge in [0, 0.05) is 43.9 Å². The van der Waals surface area contributed by atoms with E-state index in [4.69, 9.17) is 4.74 Å². The number of nitrogens with one attached hydrogen (secondary N) is 1. The average molecular weight is 238 g/mol. The van der Waals surface area contributed by atoms with Crippen LogP contribution in [-0.2, 0) is 4.74 Å². The van der Waals surface area contributed by atoms with Gasteiger partial charge in [0.05, 0.1) is 0 Å². The number of ether oxygens (including phenoxy) is 1. The summed E-state index contributed by atoms with van der Waals surface area (Å²) in [5.74, 6) is 0. The molecule has 3 saturated heterocycles. The van der Waals surface area contributed by atoms with E-state index in [-0.39, 0.29) is 17.7 Å². The summed E-state index contributed by atoms with van der Waals surface area (Å²) >= 11 is 0. The van der Waals surface area contributed by atoms with Crippen LogP contribution in [0.4, 0.5) is 4.79 Å². The Labute approximate surface area is 103 Å². The maximum absolute atomic E-state index is 12.0. The average Bonchev–Trinajstić information content (AvgIpc) is 2.58. The second kappa shape index (κ2) is 3.87. The fraction of sp³-hybridized carbons (Fsp3) is 0.923. The number of hydrogen-bond donors (Lipinski definition) is 1. The molecule has 2 unspecified atom stereocenters. The van der Waals surface area contributed by atoms with Crippen molar-refractivity contribution in [1.29, 1.82) is 0 Å². The van der Waals surface area contributed by atoms with Crippen molar-refractivity contribution in [2.24, 2.45) is 0 Å². The van der Waals surface area contributed by atoms with Crippen LogP contribution in [0.25, 0.3) is 0 Å². The van der Waals surface area contributed by atoms with Crippen molar-refractivity contribution >= 4 is 6.09 Å². The zero-order valence-corrected chi connectivity index (χ0v) is 10.7. The van der Waals surface area contributed by atoms with E-state index >= 15 is 0 Å². The molecule has 4 nitrogen and oxygen atoms in total. The van der Waals surface area contributed by atoms with Crippen molar-refractivity contribution in [3.63, 3.8) is 0 Å². The van der Waals surface area contributed by atoms with Crippen molar-refractivity contribution < 1.29 is 9.53 Å². The van der Waals surface area contributed by atoms with Gasteiger partial charge in [-0.25, -0.2) is 4.79 Å². The molecule has 3 rings (SSSR count). The molecule has 1 amide bonds. The largest absolute Gasteiger partial charge is 0.443 e. The summed E-state index contributed by atoms with van der Waals surface area (Å²) in [5, 5.41) is 3.61. The van der Waals surface area contributed by atoms with E-state index in [9.17, 15) is 4.79 Å². The van der Waals surface area contributed by atoms with E-state index in [0.29, 0.717) is 12.1 Å². The first-order valence-electron chi connectivity index (χ1n) is 6.84. The lowest BCUT2D eigenvalue weighted by Gasteiger charge is -2.46. The summed E-state index contributed by atoms with van der Waals surface area (Å²) in [6.07, 6.45) is 5.43. The Kier molecular flexibility index (Phi) is 2.58. The van der Waals surface area contributed by atoms with Crippen LogP contribution in [0.3, 0.4) is 0 Å². The number of hydrogen-bond acceptors (Lipinski definition) is 3. The van der Waals surface area contributed by atoms with Crippen molar-refractivity contribution in [3.8, 4) is 0 Å². The number of carbonyl (C=O) groups excluding carboxylic acids is 1. The third kappa shape index (κ3) is 1.92. The molecule has 2 atom stereocenters. The van der Waals surface area contributed by atoms with Crippen LogP contribution in [0, 0.1) is 0 Å². The normalized spacial score (nSPS) is 41.1. The van der Waals surface area contributed by atoms with Crippen LogP contribution >= 0.6 is 0 Å². The van der Waals surface area contributed by atoms with Gasteiger partial charge in [-0.3, -0.25) is 0 Å². The van der Waals surface area contributed by atoms with Crippen LogP contribution in [0.2, 0.25) is 0 Å². The van der Waals surface area contributed by atoms with Crippen LogP contribution in [0.1, 0.15) is 46.0 Å². The van der Waals surface area contributed by atoms with Crippen LogP contribution in [0.5, 0.6) is 0 Å². The molecule has 0 aromatic heterocycles. The summed E-state index contributed by atoms with van der Waals surface area (Å²) in [6, 6.07) is 1.40. The predicted molar refractivity (Wildman–Crippen MR) is 64.9 cm³/mol. The van der Waals surface area contributed by atoms with Crippen LogP contribution in [0.15, 0.2) is 0 Å². The van der Waals surface area contributed by atoms with Gasteiger partial charge in [-0.15, -0.1) is 0 Å². The van der Waals surface area contributed by atoms with Crippen molar-refractivity contribution in [1.82, 2.24) is 10.2 Å². The Hall–Kier alpha value is -0.770. The summed E-state index contributed by atoms with van der Waals surface area (Å²) in [7, 11) is 0. The number of amides is 1. The fourth-order valence-electron chi connectivity index (χ4n) is 3.67. The number of carbonyl (C=O) groups is 1. The first kappa shape index (κ1) is 11.3. The zero-order chi connectivity index (χ0) is 12.0. The molecule has 17 heavy (non-hydrogen) atoms. The third-order valence-corrected chi connectivity index (χ3v) is 4.54. The van der Waals surface area contributed by atoms with Crippen LogP contribution in [-0.4, -0.2) is 41.3 Å². The Bertz CT molecular complexity index is 317. The first-order valence-corrected chi connectivity index (χ1v) is 6.84. The smallest absolute Gasteiger partial charge is 0.410 e. The minimum atomic E-state index is -0.153. The number of piperidine rings is 1. The third-order valence-electron chi connectivity index (χ3n) is 4.54. The van der Waals surface area contributed by atoms with Gasteiger partial charge in [0.2, 0.25) is 0 Å². The number of fused-ring (bicyclic) bond motifs is 2. The highest BCUT2D eigenvalue weighted by Crippen LogP contribution is 2.41. The first-order chi connectivity index (χ1) is 8.08. The minimum Gasteiger partial charge on any atom is -0.443 e. The van der Waals surface area contributed by atoms with Gasteiger partial charge in [0.1, 0.15) is 5.60 Å². The molecule has 3 aliphatic heterocycles. The monoisotopic (exact) mass is 238 g/mol. The molecule has 3 heterocycles. The quantitative estimate of drug-likeness (QED) is 0.758. The molecule has 3 fully saturated rings. The summed E-state index contributed by atoms with van der Waals surface area (Å²) in [6.45, 7) is 4.95. The molecule has 0 aromatic rings. The van der Waals surface area contributed by atoms with Gasteiger partial charge in [0.15, 0.2) is 0 Å². The predicted octanol–water partition coefficient (Wildman–Crippen LogP) is 1.89. The van der Waals surface area contributed by atoms with Gasteiger partial charge in [0.25, 0.3) is 0 Å². The maximum Gasteiger partial charge on any atom is 0.410 e. The zero-order valence-electron chi connectivity index (χ0n) is 10.7. The van der Waals surface area contributed by atoms with Crippen molar-refractivity contribution in [3.05, 3.63) is 0 Å². The van der Waals surface area contributed by atoms with E-state index < -0.39 is 0 Å². The molecular weight excluding hydrogens is 216 g/mol. The maximum atomic E-state index is 12.0. The van der Waals surface area contributed by atoms with Gasteiger partial charge in [-0.05, 0) is 26.7 Å². The van der Waals surface area contributed by atoms with E-state index in [1.165, 1.54) is 12.8 Å². The van der Waals surface area contributed by atoms with E-state index in [1.54, 1.807) is 0 Å². The molecule has 4 heteroatoms. The van der Waals surface area contributed by atoms with E-state index in [0.717, 1.165) is 25.8 Å². The molecular formula is C13H22N2O2. The molecule has 1 N–H and O–H groups in total. The highest BCUT2D eigenvalue weighted by atomic mass is 16.6. The molecule has 0 aromatic carbocycles. The Morgan fingerprint density at radius 3 is 2.53 bits per heavy atom. The Balaban J connectivity index is 1.72. The fourth-order valence-corrected chi connectivity index (χ4v) is 3.67. The Morgan fingerprint density at radius 2 is 2.00 bits per heavy atom. The molecule has 1 spiro atoms. The second-order valence-electron chi connectivity index (χ2n) is 6.13. The van der Waals surface area contributed by atoms with Crippen molar-refractivity contribution in [2.75, 3.05) is 6.54 Å². The van der Waals surface area contributed by atoms with Gasteiger partial charge >= 0.3 is 6.09 Å². The minimum absolute atomic E-state index is 0.104. The Morgan fingerprint density at radius 1 is 1.35 bits per heavy atom. The SMILES string of the molecule is CC(C)N1CCC2(CC3CCC(C2)N3)OC1=O.